The predicted molar refractivity (Wildman–Crippen MR) is 303 cm³/mol. The Labute approximate surface area is 422 Å². The average Bonchev–Trinajstić information content (AvgIpc) is 3.77. The molecule has 0 aromatic heterocycles. The molecule has 0 saturated carbocycles. The highest BCUT2D eigenvalue weighted by Gasteiger charge is 2.46. The topological polar surface area (TPSA) is 3.24 Å². The van der Waals surface area contributed by atoms with Crippen LogP contribution in [0, 0.1) is 0 Å². The fourth-order valence-electron chi connectivity index (χ4n) is 11.3. The summed E-state index contributed by atoms with van der Waals surface area (Å²) in [5.41, 5.74) is 22.4. The van der Waals surface area contributed by atoms with E-state index < -0.39 is 5.41 Å². The molecule has 0 saturated heterocycles. The maximum absolute atomic E-state index is 2.45. The monoisotopic (exact) mass is 915 g/mol. The average molecular weight is 916 g/mol. The van der Waals surface area contributed by atoms with Crippen LogP contribution in [0.1, 0.15) is 22.3 Å². The van der Waals surface area contributed by atoms with Gasteiger partial charge in [0.15, 0.2) is 0 Å². The lowest BCUT2D eigenvalue weighted by Crippen LogP contribution is -2.28. The predicted octanol–water partition coefficient (Wildman–Crippen LogP) is 19.0. The molecule has 0 unspecified atom stereocenters. The molecule has 72 heavy (non-hydrogen) atoms. The van der Waals surface area contributed by atoms with Crippen LogP contribution in [-0.4, -0.2) is 0 Å². The summed E-state index contributed by atoms with van der Waals surface area (Å²) < 4.78 is 0. The van der Waals surface area contributed by atoms with E-state index in [9.17, 15) is 0 Å². The summed E-state index contributed by atoms with van der Waals surface area (Å²) in [7, 11) is 0. The quantitative estimate of drug-likeness (QED) is 0.132. The van der Waals surface area contributed by atoms with E-state index in [1.165, 1.54) is 99.8 Å². The molecule has 1 heteroatoms. The molecule has 0 bridgehead atoms. The van der Waals surface area contributed by atoms with Crippen LogP contribution in [0.3, 0.4) is 0 Å². The first kappa shape index (κ1) is 42.8. The van der Waals surface area contributed by atoms with E-state index in [-0.39, 0.29) is 0 Å². The van der Waals surface area contributed by atoms with Crippen LogP contribution >= 0.6 is 0 Å². The van der Waals surface area contributed by atoms with Crippen molar-refractivity contribution < 1.29 is 0 Å². The van der Waals surface area contributed by atoms with Crippen molar-refractivity contribution in [3.63, 3.8) is 0 Å². The summed E-state index contributed by atoms with van der Waals surface area (Å²) in [5, 5.41) is 2.51. The van der Waals surface area contributed by atoms with Gasteiger partial charge in [0.05, 0.1) is 11.1 Å². The van der Waals surface area contributed by atoms with Crippen molar-refractivity contribution in [3.05, 3.63) is 320 Å². The zero-order valence-corrected chi connectivity index (χ0v) is 39.7. The van der Waals surface area contributed by atoms with Crippen LogP contribution in [0.2, 0.25) is 0 Å². The number of para-hydroxylation sites is 1. The smallest absolute Gasteiger partial charge is 0.0713 e. The SMILES string of the molecule is c1ccc(-c2ccccc2N(c2ccc(-c3cccc(-c4cccc(-c5ccc6ccccc6c5)c4)c3)cc2)c2ccc(-c3ccc4c(c3)C(c3ccccc3)(c3ccccc3)c3ccccc3-4)cc2)cc1. The minimum atomic E-state index is -0.459. The highest BCUT2D eigenvalue weighted by Crippen LogP contribution is 2.57. The maximum atomic E-state index is 2.45. The number of anilines is 3. The van der Waals surface area contributed by atoms with Gasteiger partial charge in [-0.05, 0) is 149 Å². The molecule has 0 atom stereocenters. The molecular formula is C71H49N. The van der Waals surface area contributed by atoms with Gasteiger partial charge in [0, 0.05) is 16.9 Å². The van der Waals surface area contributed by atoms with E-state index >= 15 is 0 Å². The molecule has 12 aromatic carbocycles. The maximum Gasteiger partial charge on any atom is 0.0713 e. The van der Waals surface area contributed by atoms with Crippen LogP contribution < -0.4 is 4.90 Å². The fraction of sp³-hybridized carbons (Fsp3) is 0.0141. The largest absolute Gasteiger partial charge is 0.310 e. The summed E-state index contributed by atoms with van der Waals surface area (Å²) >= 11 is 0. The summed E-state index contributed by atoms with van der Waals surface area (Å²) in [4.78, 5) is 2.40. The molecule has 0 fully saturated rings. The lowest BCUT2D eigenvalue weighted by molar-refractivity contribution is 0.769. The minimum Gasteiger partial charge on any atom is -0.310 e. The fourth-order valence-corrected chi connectivity index (χ4v) is 11.3. The number of benzene rings is 12. The Morgan fingerprint density at radius 2 is 0.639 bits per heavy atom. The van der Waals surface area contributed by atoms with E-state index in [4.69, 9.17) is 0 Å². The van der Waals surface area contributed by atoms with Gasteiger partial charge in [-0.1, -0.05) is 243 Å². The third-order valence-corrected chi connectivity index (χ3v) is 14.7. The molecule has 0 spiro atoms. The third kappa shape index (κ3) is 7.51. The second-order valence-corrected chi connectivity index (χ2v) is 18.8. The van der Waals surface area contributed by atoms with Gasteiger partial charge < -0.3 is 4.90 Å². The van der Waals surface area contributed by atoms with E-state index in [0.717, 1.165) is 17.1 Å². The van der Waals surface area contributed by atoms with Gasteiger partial charge in [-0.2, -0.15) is 0 Å². The lowest BCUT2D eigenvalue weighted by Gasteiger charge is -2.34. The first-order valence-corrected chi connectivity index (χ1v) is 24.9. The Morgan fingerprint density at radius 1 is 0.222 bits per heavy atom. The second kappa shape index (κ2) is 18.2. The number of rotatable bonds is 10. The Bertz CT molecular complexity index is 3850. The molecule has 0 aliphatic heterocycles. The van der Waals surface area contributed by atoms with Crippen molar-refractivity contribution in [1.82, 2.24) is 0 Å². The molecular weight excluding hydrogens is 867 g/mol. The molecule has 1 aliphatic carbocycles. The molecule has 1 aliphatic rings. The van der Waals surface area contributed by atoms with Crippen molar-refractivity contribution in [2.75, 3.05) is 4.90 Å². The highest BCUT2D eigenvalue weighted by atomic mass is 15.1. The van der Waals surface area contributed by atoms with Crippen molar-refractivity contribution in [2.24, 2.45) is 0 Å². The number of fused-ring (bicyclic) bond motifs is 4. The van der Waals surface area contributed by atoms with Gasteiger partial charge in [0.1, 0.15) is 0 Å². The molecule has 0 amide bonds. The first-order valence-electron chi connectivity index (χ1n) is 24.9. The van der Waals surface area contributed by atoms with Gasteiger partial charge in [0.2, 0.25) is 0 Å². The van der Waals surface area contributed by atoms with Crippen molar-refractivity contribution in [2.45, 2.75) is 5.41 Å². The normalized spacial score (nSPS) is 12.3. The van der Waals surface area contributed by atoms with Gasteiger partial charge in [-0.25, -0.2) is 0 Å². The van der Waals surface area contributed by atoms with E-state index in [1.807, 2.05) is 0 Å². The summed E-state index contributed by atoms with van der Waals surface area (Å²) in [5.74, 6) is 0. The standard InChI is InChI=1S/C71H49N/c1-4-19-53(20-5-1)65-30-13-15-33-70(65)72(63-41-36-51(37-42-63)55-22-16-23-56(46-55)57-24-17-25-58(48-57)59-35-34-50-18-10-11-21-54(50)47-59)64-43-38-52(39-44-64)60-40-45-67-66-31-12-14-32-68(66)71(69(67)49-60,61-26-6-2-7-27-61)62-28-8-3-9-29-62/h1-49H. The second-order valence-electron chi connectivity index (χ2n) is 18.8. The summed E-state index contributed by atoms with van der Waals surface area (Å²) in [6, 6.07) is 109. The Hall–Kier alpha value is -9.30. The molecule has 1 nitrogen and oxygen atoms in total. The molecule has 13 rings (SSSR count). The first-order chi connectivity index (χ1) is 35.7. The number of hydrogen-bond donors (Lipinski definition) is 0. The lowest BCUT2D eigenvalue weighted by atomic mass is 9.67. The third-order valence-electron chi connectivity index (χ3n) is 14.7. The zero-order valence-electron chi connectivity index (χ0n) is 39.7. The van der Waals surface area contributed by atoms with Gasteiger partial charge in [-0.3, -0.25) is 0 Å². The van der Waals surface area contributed by atoms with Crippen molar-refractivity contribution in [3.8, 4) is 66.8 Å². The van der Waals surface area contributed by atoms with Crippen LogP contribution in [0.4, 0.5) is 17.1 Å². The van der Waals surface area contributed by atoms with Gasteiger partial charge in [-0.15, -0.1) is 0 Å². The molecule has 338 valence electrons. The van der Waals surface area contributed by atoms with E-state index in [1.54, 1.807) is 0 Å². The van der Waals surface area contributed by atoms with Crippen LogP contribution in [0.5, 0.6) is 0 Å². The summed E-state index contributed by atoms with van der Waals surface area (Å²) in [6.45, 7) is 0. The Kier molecular flexibility index (Phi) is 10.8. The molecule has 0 N–H and O–H groups in total. The van der Waals surface area contributed by atoms with E-state index in [0.29, 0.717) is 0 Å². The van der Waals surface area contributed by atoms with Crippen LogP contribution in [0.25, 0.3) is 77.5 Å². The molecule has 0 heterocycles. The zero-order chi connectivity index (χ0) is 47.8. The highest BCUT2D eigenvalue weighted by molar-refractivity contribution is 5.92. The Balaban J connectivity index is 0.869. The molecule has 12 aromatic rings. The van der Waals surface area contributed by atoms with Crippen LogP contribution in [0.15, 0.2) is 297 Å². The summed E-state index contributed by atoms with van der Waals surface area (Å²) in [6.07, 6.45) is 0. The van der Waals surface area contributed by atoms with Crippen molar-refractivity contribution in [1.29, 1.82) is 0 Å². The van der Waals surface area contributed by atoms with E-state index in [2.05, 4.69) is 302 Å². The van der Waals surface area contributed by atoms with Gasteiger partial charge >= 0.3 is 0 Å². The van der Waals surface area contributed by atoms with Crippen LogP contribution in [-0.2, 0) is 5.41 Å². The molecule has 0 radical (unpaired) electrons. The minimum absolute atomic E-state index is 0.459. The van der Waals surface area contributed by atoms with Gasteiger partial charge in [0.25, 0.3) is 0 Å². The van der Waals surface area contributed by atoms with Crippen molar-refractivity contribution >= 4 is 27.8 Å². The Morgan fingerprint density at radius 3 is 1.25 bits per heavy atom. The number of nitrogens with zero attached hydrogens (tertiary/aromatic N) is 1. The number of hydrogen-bond acceptors (Lipinski definition) is 1.